The molecular weight excluding hydrogens is 126 g/mol. The smallest absolute Gasteiger partial charge is 0.0434 e. The molecule has 0 amide bonds. The zero-order chi connectivity index (χ0) is 7.40. The fourth-order valence-electron chi connectivity index (χ4n) is 1.69. The van der Waals surface area contributed by atoms with Crippen LogP contribution in [0.4, 0.5) is 0 Å². The maximum absolute atomic E-state index is 8.69. The van der Waals surface area contributed by atoms with Crippen LogP contribution >= 0.6 is 0 Å². The van der Waals surface area contributed by atoms with Gasteiger partial charge in [-0.05, 0) is 38.8 Å². The summed E-state index contributed by atoms with van der Waals surface area (Å²) in [6.07, 6.45) is 3.61. The molecule has 1 N–H and O–H groups in total. The van der Waals surface area contributed by atoms with Crippen molar-refractivity contribution in [3.63, 3.8) is 0 Å². The molecule has 0 aromatic rings. The molecule has 1 aliphatic heterocycles. The summed E-state index contributed by atoms with van der Waals surface area (Å²) >= 11 is 0. The Balaban J connectivity index is 2.18. The molecular formula is C8H17NO. The van der Waals surface area contributed by atoms with E-state index < -0.39 is 0 Å². The predicted molar refractivity (Wildman–Crippen MR) is 41.9 cm³/mol. The van der Waals surface area contributed by atoms with Crippen LogP contribution in [0.1, 0.15) is 19.3 Å². The summed E-state index contributed by atoms with van der Waals surface area (Å²) in [5.74, 6) is 0.753. The number of piperidine rings is 1. The maximum Gasteiger partial charge on any atom is 0.0434 e. The normalized spacial score (nSPS) is 28.8. The number of hydrogen-bond donors (Lipinski definition) is 1. The quantitative estimate of drug-likeness (QED) is 0.615. The van der Waals surface area contributed by atoms with Crippen LogP contribution in [0.2, 0.25) is 0 Å². The molecule has 0 saturated carbocycles. The van der Waals surface area contributed by atoms with Crippen molar-refractivity contribution in [2.45, 2.75) is 19.3 Å². The molecule has 1 fully saturated rings. The topological polar surface area (TPSA) is 23.5 Å². The summed E-state index contributed by atoms with van der Waals surface area (Å²) in [6.45, 7) is 2.78. The zero-order valence-electron chi connectivity index (χ0n) is 6.71. The lowest BCUT2D eigenvalue weighted by molar-refractivity contribution is 0.171. The first kappa shape index (κ1) is 8.02. The van der Waals surface area contributed by atoms with Gasteiger partial charge in [0, 0.05) is 13.2 Å². The predicted octanol–water partition coefficient (Wildman–Crippen LogP) is 0.711. The van der Waals surface area contributed by atoms with Gasteiger partial charge in [-0.25, -0.2) is 0 Å². The molecule has 2 nitrogen and oxygen atoms in total. The van der Waals surface area contributed by atoms with Crippen LogP contribution in [0, 0.1) is 5.92 Å². The Kier molecular flexibility index (Phi) is 3.16. The molecule has 0 unspecified atom stereocenters. The van der Waals surface area contributed by atoms with E-state index in [4.69, 9.17) is 5.11 Å². The van der Waals surface area contributed by atoms with E-state index >= 15 is 0 Å². The first-order chi connectivity index (χ1) is 4.83. The first-order valence-electron chi connectivity index (χ1n) is 4.12. The summed E-state index contributed by atoms with van der Waals surface area (Å²) in [7, 11) is 2.16. The van der Waals surface area contributed by atoms with Gasteiger partial charge >= 0.3 is 0 Å². The first-order valence-corrected chi connectivity index (χ1v) is 4.12. The van der Waals surface area contributed by atoms with E-state index in [-0.39, 0.29) is 0 Å². The highest BCUT2D eigenvalue weighted by Crippen LogP contribution is 2.17. The van der Waals surface area contributed by atoms with E-state index in [1.165, 1.54) is 25.9 Å². The number of hydrogen-bond acceptors (Lipinski definition) is 2. The second-order valence-corrected chi connectivity index (χ2v) is 3.28. The summed E-state index contributed by atoms with van der Waals surface area (Å²) in [6, 6.07) is 0. The standard InChI is InChI=1S/C8H17NO/c1-9-5-2-3-8(7-9)4-6-10/h8,10H,2-7H2,1H3/t8-/m0/s1. The van der Waals surface area contributed by atoms with E-state index in [9.17, 15) is 0 Å². The fraction of sp³-hybridized carbons (Fsp3) is 1.00. The minimum absolute atomic E-state index is 0.360. The molecule has 1 atom stereocenters. The SMILES string of the molecule is CN1CCC[C@@H](CCO)C1. The van der Waals surface area contributed by atoms with Gasteiger partial charge in [-0.1, -0.05) is 0 Å². The largest absolute Gasteiger partial charge is 0.396 e. The maximum atomic E-state index is 8.69. The number of rotatable bonds is 2. The molecule has 10 heavy (non-hydrogen) atoms. The lowest BCUT2D eigenvalue weighted by atomic mass is 9.96. The van der Waals surface area contributed by atoms with Crippen molar-refractivity contribution >= 4 is 0 Å². The van der Waals surface area contributed by atoms with Gasteiger partial charge < -0.3 is 10.0 Å². The molecule has 1 rings (SSSR count). The molecule has 1 aliphatic rings. The number of aliphatic hydroxyl groups excluding tert-OH is 1. The lowest BCUT2D eigenvalue weighted by Crippen LogP contribution is -2.32. The van der Waals surface area contributed by atoms with Gasteiger partial charge in [-0.3, -0.25) is 0 Å². The summed E-state index contributed by atoms with van der Waals surface area (Å²) in [5.41, 5.74) is 0. The zero-order valence-corrected chi connectivity index (χ0v) is 6.71. The van der Waals surface area contributed by atoms with E-state index in [1.54, 1.807) is 0 Å². The van der Waals surface area contributed by atoms with Gasteiger partial charge in [0.2, 0.25) is 0 Å². The Bertz CT molecular complexity index is 93.3. The van der Waals surface area contributed by atoms with Crippen LogP contribution in [-0.4, -0.2) is 36.8 Å². The van der Waals surface area contributed by atoms with E-state index in [0.29, 0.717) is 6.61 Å². The van der Waals surface area contributed by atoms with Crippen LogP contribution in [0.25, 0.3) is 0 Å². The van der Waals surface area contributed by atoms with Crippen molar-refractivity contribution in [2.24, 2.45) is 5.92 Å². The Morgan fingerprint density at radius 1 is 1.60 bits per heavy atom. The van der Waals surface area contributed by atoms with Crippen molar-refractivity contribution in [1.82, 2.24) is 4.90 Å². The second-order valence-electron chi connectivity index (χ2n) is 3.28. The van der Waals surface area contributed by atoms with Crippen molar-refractivity contribution in [3.8, 4) is 0 Å². The lowest BCUT2D eigenvalue weighted by Gasteiger charge is -2.29. The van der Waals surface area contributed by atoms with Gasteiger partial charge in [-0.15, -0.1) is 0 Å². The minimum Gasteiger partial charge on any atom is -0.396 e. The highest BCUT2D eigenvalue weighted by Gasteiger charge is 2.15. The van der Waals surface area contributed by atoms with E-state index in [1.807, 2.05) is 0 Å². The highest BCUT2D eigenvalue weighted by atomic mass is 16.3. The monoisotopic (exact) mass is 143 g/mol. The average Bonchev–Trinajstić information content (AvgIpc) is 1.88. The molecule has 0 aromatic carbocycles. The molecule has 0 spiro atoms. The molecule has 1 saturated heterocycles. The van der Waals surface area contributed by atoms with Crippen molar-refractivity contribution in [2.75, 3.05) is 26.7 Å². The van der Waals surface area contributed by atoms with Gasteiger partial charge in [-0.2, -0.15) is 0 Å². The molecule has 0 radical (unpaired) electrons. The van der Waals surface area contributed by atoms with Crippen LogP contribution in [0.5, 0.6) is 0 Å². The fourth-order valence-corrected chi connectivity index (χ4v) is 1.69. The van der Waals surface area contributed by atoms with Crippen LogP contribution in [0.15, 0.2) is 0 Å². The van der Waals surface area contributed by atoms with Gasteiger partial charge in [0.15, 0.2) is 0 Å². The molecule has 0 aliphatic carbocycles. The number of nitrogens with zero attached hydrogens (tertiary/aromatic N) is 1. The molecule has 0 bridgehead atoms. The number of likely N-dealkylation sites (tertiary alicyclic amines) is 1. The summed E-state index contributed by atoms with van der Waals surface area (Å²) in [4.78, 5) is 2.35. The molecule has 1 heterocycles. The Hall–Kier alpha value is -0.0800. The Morgan fingerprint density at radius 3 is 3.00 bits per heavy atom. The van der Waals surface area contributed by atoms with Crippen LogP contribution in [-0.2, 0) is 0 Å². The van der Waals surface area contributed by atoms with Crippen molar-refractivity contribution in [1.29, 1.82) is 0 Å². The molecule has 0 aromatic heterocycles. The number of aliphatic hydroxyl groups is 1. The average molecular weight is 143 g/mol. The minimum atomic E-state index is 0.360. The van der Waals surface area contributed by atoms with Gasteiger partial charge in [0.1, 0.15) is 0 Å². The van der Waals surface area contributed by atoms with Gasteiger partial charge in [0.25, 0.3) is 0 Å². The second kappa shape index (κ2) is 3.94. The van der Waals surface area contributed by atoms with Crippen molar-refractivity contribution < 1.29 is 5.11 Å². The van der Waals surface area contributed by atoms with Gasteiger partial charge in [0.05, 0.1) is 0 Å². The third-order valence-corrected chi connectivity index (χ3v) is 2.26. The highest BCUT2D eigenvalue weighted by molar-refractivity contribution is 4.69. The Labute approximate surface area is 62.8 Å². The van der Waals surface area contributed by atoms with Crippen LogP contribution < -0.4 is 0 Å². The molecule has 2 heteroatoms. The third-order valence-electron chi connectivity index (χ3n) is 2.26. The van der Waals surface area contributed by atoms with Crippen molar-refractivity contribution in [3.05, 3.63) is 0 Å². The summed E-state index contributed by atoms with van der Waals surface area (Å²) in [5, 5.41) is 8.69. The Morgan fingerprint density at radius 2 is 2.40 bits per heavy atom. The van der Waals surface area contributed by atoms with E-state index in [2.05, 4.69) is 11.9 Å². The third kappa shape index (κ3) is 2.27. The molecule has 60 valence electrons. The van der Waals surface area contributed by atoms with Crippen LogP contribution in [0.3, 0.4) is 0 Å². The summed E-state index contributed by atoms with van der Waals surface area (Å²) < 4.78 is 0. The van der Waals surface area contributed by atoms with E-state index in [0.717, 1.165) is 12.3 Å².